The van der Waals surface area contributed by atoms with Gasteiger partial charge in [0.1, 0.15) is 6.07 Å². The van der Waals surface area contributed by atoms with Crippen molar-refractivity contribution in [3.05, 3.63) is 47.7 Å². The third-order valence-electron chi connectivity index (χ3n) is 2.68. The van der Waals surface area contributed by atoms with Gasteiger partial charge in [-0.1, -0.05) is 12.1 Å². The number of aryl methyl sites for hydroxylation is 1. The van der Waals surface area contributed by atoms with Crippen molar-refractivity contribution >= 4 is 21.4 Å². The van der Waals surface area contributed by atoms with Gasteiger partial charge in [0.2, 0.25) is 0 Å². The summed E-state index contributed by atoms with van der Waals surface area (Å²) in [6.07, 6.45) is 1.34. The number of pyridine rings is 1. The Balaban J connectivity index is 2.48. The van der Waals surface area contributed by atoms with Crippen LogP contribution in [-0.4, -0.2) is 13.4 Å². The third kappa shape index (κ3) is 2.55. The van der Waals surface area contributed by atoms with E-state index in [1.807, 2.05) is 6.07 Å². The van der Waals surface area contributed by atoms with E-state index >= 15 is 0 Å². The molecule has 2 aromatic rings. The first-order valence-corrected chi connectivity index (χ1v) is 7.17. The third-order valence-corrected chi connectivity index (χ3v) is 4.02. The topological polar surface area (TPSA) is 109 Å². The number of nitriles is 1. The molecule has 0 atom stereocenters. The number of hydrogen-bond donors (Lipinski definition) is 2. The molecule has 1 aromatic heterocycles. The molecule has 0 spiro atoms. The average molecular weight is 288 g/mol. The van der Waals surface area contributed by atoms with E-state index < -0.39 is 10.0 Å². The molecule has 7 heteroatoms. The molecule has 6 nitrogen and oxygen atoms in total. The Bertz CT molecular complexity index is 794. The Morgan fingerprint density at radius 3 is 2.70 bits per heavy atom. The maximum Gasteiger partial charge on any atom is 0.281 e. The lowest BCUT2D eigenvalue weighted by molar-refractivity contribution is 0.598. The van der Waals surface area contributed by atoms with E-state index in [9.17, 15) is 8.42 Å². The fourth-order valence-corrected chi connectivity index (χ4v) is 2.86. The van der Waals surface area contributed by atoms with Crippen LogP contribution in [0.2, 0.25) is 0 Å². The zero-order valence-corrected chi connectivity index (χ0v) is 11.5. The number of nitrogens with zero attached hydrogens (tertiary/aromatic N) is 2. The molecule has 0 aliphatic heterocycles. The number of anilines is 2. The molecule has 1 aromatic carbocycles. The van der Waals surface area contributed by atoms with Gasteiger partial charge in [0, 0.05) is 6.20 Å². The van der Waals surface area contributed by atoms with Gasteiger partial charge in [-0.05, 0) is 30.7 Å². The molecule has 0 aliphatic carbocycles. The summed E-state index contributed by atoms with van der Waals surface area (Å²) in [5.74, 6) is 0. The second kappa shape index (κ2) is 5.19. The first kappa shape index (κ1) is 13.8. The van der Waals surface area contributed by atoms with Crippen molar-refractivity contribution in [3.63, 3.8) is 0 Å². The summed E-state index contributed by atoms with van der Waals surface area (Å²) >= 11 is 0. The van der Waals surface area contributed by atoms with Crippen LogP contribution in [0.3, 0.4) is 0 Å². The van der Waals surface area contributed by atoms with Crippen molar-refractivity contribution in [2.75, 3.05) is 10.5 Å². The molecule has 0 fully saturated rings. The molecule has 1 heterocycles. The number of nitrogens with one attached hydrogen (secondary N) is 1. The molecule has 0 radical (unpaired) electrons. The highest BCUT2D eigenvalue weighted by atomic mass is 32.2. The van der Waals surface area contributed by atoms with E-state index in [1.54, 1.807) is 25.1 Å². The normalized spacial score (nSPS) is 10.8. The number of hydrogen-bond acceptors (Lipinski definition) is 5. The average Bonchev–Trinajstić information content (AvgIpc) is 2.39. The van der Waals surface area contributed by atoms with Crippen molar-refractivity contribution in [1.82, 2.24) is 4.98 Å². The van der Waals surface area contributed by atoms with Crippen LogP contribution in [0.1, 0.15) is 11.1 Å². The zero-order valence-electron chi connectivity index (χ0n) is 10.7. The van der Waals surface area contributed by atoms with Gasteiger partial charge in [0.25, 0.3) is 10.0 Å². The number of rotatable bonds is 3. The summed E-state index contributed by atoms with van der Waals surface area (Å²) in [5.41, 5.74) is 6.82. The molecule has 0 saturated carbocycles. The van der Waals surface area contributed by atoms with E-state index in [0.29, 0.717) is 5.56 Å². The Kier molecular flexibility index (Phi) is 3.59. The van der Waals surface area contributed by atoms with Crippen molar-refractivity contribution in [3.8, 4) is 6.07 Å². The lowest BCUT2D eigenvalue weighted by Crippen LogP contribution is -2.17. The van der Waals surface area contributed by atoms with Crippen LogP contribution in [0.5, 0.6) is 0 Å². The Morgan fingerprint density at radius 1 is 1.30 bits per heavy atom. The molecule has 3 N–H and O–H groups in total. The first-order valence-electron chi connectivity index (χ1n) is 5.69. The van der Waals surface area contributed by atoms with E-state index in [1.165, 1.54) is 18.3 Å². The van der Waals surface area contributed by atoms with E-state index in [4.69, 9.17) is 11.0 Å². The van der Waals surface area contributed by atoms with Crippen LogP contribution < -0.4 is 10.5 Å². The van der Waals surface area contributed by atoms with Gasteiger partial charge >= 0.3 is 0 Å². The van der Waals surface area contributed by atoms with E-state index in [0.717, 1.165) is 0 Å². The second-order valence-electron chi connectivity index (χ2n) is 4.11. The highest BCUT2D eigenvalue weighted by Gasteiger charge is 2.20. The number of nitrogens with two attached hydrogens (primary N) is 1. The smallest absolute Gasteiger partial charge is 0.281 e. The summed E-state index contributed by atoms with van der Waals surface area (Å²) in [5, 5.41) is 8.84. The molecule has 0 amide bonds. The molecule has 0 aliphatic rings. The lowest BCUT2D eigenvalue weighted by Gasteiger charge is -2.11. The fourth-order valence-electron chi connectivity index (χ4n) is 1.72. The lowest BCUT2D eigenvalue weighted by atomic mass is 10.1. The maximum absolute atomic E-state index is 12.2. The number of nitrogen functional groups attached to an aromatic ring is 1. The Hall–Kier alpha value is -2.59. The van der Waals surface area contributed by atoms with Gasteiger partial charge in [0.15, 0.2) is 5.03 Å². The number of benzene rings is 1. The minimum absolute atomic E-state index is 0.0474. The molecule has 0 unspecified atom stereocenters. The van der Waals surface area contributed by atoms with Crippen LogP contribution >= 0.6 is 0 Å². The predicted octanol–water partition coefficient (Wildman–Crippen LogP) is 1.64. The summed E-state index contributed by atoms with van der Waals surface area (Å²) < 4.78 is 26.8. The maximum atomic E-state index is 12.2. The minimum Gasteiger partial charge on any atom is -0.396 e. The van der Waals surface area contributed by atoms with Crippen LogP contribution in [0.15, 0.2) is 41.6 Å². The molecule has 0 bridgehead atoms. The van der Waals surface area contributed by atoms with E-state index in [-0.39, 0.29) is 22.0 Å². The summed E-state index contributed by atoms with van der Waals surface area (Å²) in [6.45, 7) is 1.73. The first-order chi connectivity index (χ1) is 9.45. The monoisotopic (exact) mass is 288 g/mol. The Morgan fingerprint density at radius 2 is 2.05 bits per heavy atom. The van der Waals surface area contributed by atoms with Crippen LogP contribution in [0, 0.1) is 18.3 Å². The van der Waals surface area contributed by atoms with Crippen molar-refractivity contribution in [2.24, 2.45) is 0 Å². The van der Waals surface area contributed by atoms with Gasteiger partial charge in [-0.2, -0.15) is 13.7 Å². The second-order valence-corrected chi connectivity index (χ2v) is 5.71. The predicted molar refractivity (Wildman–Crippen MR) is 75.4 cm³/mol. The zero-order chi connectivity index (χ0) is 14.8. The molecule has 102 valence electrons. The minimum atomic E-state index is -3.93. The number of sulfonamides is 1. The van der Waals surface area contributed by atoms with Crippen LogP contribution in [0.25, 0.3) is 0 Å². The van der Waals surface area contributed by atoms with Crippen LogP contribution in [0.4, 0.5) is 11.4 Å². The van der Waals surface area contributed by atoms with Crippen molar-refractivity contribution in [1.29, 1.82) is 5.26 Å². The summed E-state index contributed by atoms with van der Waals surface area (Å²) in [4.78, 5) is 3.77. The standard InChI is InChI=1S/C13H12N4O2S/c1-9-4-2-6-12(10(9)8-14)17-20(18,19)13-11(15)5-3-7-16-13/h2-7,17H,15H2,1H3. The summed E-state index contributed by atoms with van der Waals surface area (Å²) in [6, 6.07) is 9.87. The van der Waals surface area contributed by atoms with Crippen molar-refractivity contribution < 1.29 is 8.42 Å². The van der Waals surface area contributed by atoms with E-state index in [2.05, 4.69) is 9.71 Å². The van der Waals surface area contributed by atoms with Crippen LogP contribution in [-0.2, 0) is 10.0 Å². The fraction of sp³-hybridized carbons (Fsp3) is 0.0769. The summed E-state index contributed by atoms with van der Waals surface area (Å²) in [7, 11) is -3.93. The van der Waals surface area contributed by atoms with Gasteiger partial charge in [-0.3, -0.25) is 4.72 Å². The highest BCUT2D eigenvalue weighted by molar-refractivity contribution is 7.92. The molecule has 0 saturated heterocycles. The Labute approximate surface area is 116 Å². The number of aromatic nitrogens is 1. The van der Waals surface area contributed by atoms with Crippen molar-refractivity contribution in [2.45, 2.75) is 11.9 Å². The largest absolute Gasteiger partial charge is 0.396 e. The van der Waals surface area contributed by atoms with Gasteiger partial charge in [0.05, 0.1) is 16.9 Å². The van der Waals surface area contributed by atoms with Gasteiger partial charge < -0.3 is 5.73 Å². The SMILES string of the molecule is Cc1cccc(NS(=O)(=O)c2ncccc2N)c1C#N. The highest BCUT2D eigenvalue weighted by Crippen LogP contribution is 2.23. The van der Waals surface area contributed by atoms with Gasteiger partial charge in [-0.25, -0.2) is 4.98 Å². The molecular formula is C13H12N4O2S. The molecule has 2 rings (SSSR count). The molecule has 20 heavy (non-hydrogen) atoms. The molecular weight excluding hydrogens is 276 g/mol. The van der Waals surface area contributed by atoms with Gasteiger partial charge in [-0.15, -0.1) is 0 Å². The quantitative estimate of drug-likeness (QED) is 0.892.